The van der Waals surface area contributed by atoms with Crippen molar-refractivity contribution >= 4 is 0 Å². The summed E-state index contributed by atoms with van der Waals surface area (Å²) in [6.07, 6.45) is 13.8. The van der Waals surface area contributed by atoms with Gasteiger partial charge < -0.3 is 0 Å². The Hall–Kier alpha value is -1.43. The van der Waals surface area contributed by atoms with Gasteiger partial charge in [0.05, 0.1) is 5.56 Å². The fraction of sp³-hybridized carbons (Fsp3) is 0.720. The molecule has 1 nitrogen and oxygen atoms in total. The molecule has 1 unspecified atom stereocenters. The van der Waals surface area contributed by atoms with Gasteiger partial charge in [0.15, 0.2) is 11.6 Å². The van der Waals surface area contributed by atoms with E-state index >= 15 is 0 Å². The van der Waals surface area contributed by atoms with Crippen LogP contribution in [0.5, 0.6) is 0 Å². The lowest BCUT2D eigenvalue weighted by molar-refractivity contribution is 0.131. The van der Waals surface area contributed by atoms with Crippen LogP contribution in [0.4, 0.5) is 8.78 Å². The zero-order valence-electron chi connectivity index (χ0n) is 17.5. The van der Waals surface area contributed by atoms with E-state index in [4.69, 9.17) is 5.26 Å². The molecule has 2 fully saturated rings. The summed E-state index contributed by atoms with van der Waals surface area (Å²) in [4.78, 5) is 0. The molecule has 154 valence electrons. The van der Waals surface area contributed by atoms with E-state index in [-0.39, 0.29) is 11.5 Å². The average molecular weight is 388 g/mol. The maximum absolute atomic E-state index is 14.4. The molecule has 0 aromatic heterocycles. The SMILES string of the molecule is CCCCC1CCC(C(C)C2CCC(c3ccc(C#N)c(F)c3F)CC2)CC1. The first-order valence-electron chi connectivity index (χ1n) is 11.4. The second kappa shape index (κ2) is 9.86. The normalized spacial score (nSPS) is 29.2. The molecule has 3 heteroatoms. The lowest BCUT2D eigenvalue weighted by Gasteiger charge is -2.39. The molecule has 0 bridgehead atoms. The molecule has 0 saturated heterocycles. The highest BCUT2D eigenvalue weighted by molar-refractivity contribution is 5.36. The van der Waals surface area contributed by atoms with Crippen molar-refractivity contribution < 1.29 is 8.78 Å². The van der Waals surface area contributed by atoms with Gasteiger partial charge in [0, 0.05) is 0 Å². The molecule has 0 N–H and O–H groups in total. The first-order valence-corrected chi connectivity index (χ1v) is 11.4. The molecule has 0 heterocycles. The largest absolute Gasteiger partial charge is 0.203 e. The predicted molar refractivity (Wildman–Crippen MR) is 110 cm³/mol. The third-order valence-electron chi connectivity index (χ3n) is 7.79. The first-order chi connectivity index (χ1) is 13.5. The molecular weight excluding hydrogens is 352 g/mol. The fourth-order valence-corrected chi connectivity index (χ4v) is 5.80. The summed E-state index contributed by atoms with van der Waals surface area (Å²) in [5, 5.41) is 8.87. The van der Waals surface area contributed by atoms with Crippen LogP contribution in [0, 0.1) is 46.6 Å². The zero-order chi connectivity index (χ0) is 20.1. The van der Waals surface area contributed by atoms with E-state index in [1.807, 2.05) is 0 Å². The fourth-order valence-electron chi connectivity index (χ4n) is 5.80. The van der Waals surface area contributed by atoms with Gasteiger partial charge in [-0.1, -0.05) is 52.0 Å². The van der Waals surface area contributed by atoms with Crippen LogP contribution in [0.2, 0.25) is 0 Å². The topological polar surface area (TPSA) is 23.8 Å². The maximum atomic E-state index is 14.4. The second-order valence-corrected chi connectivity index (χ2v) is 9.34. The van der Waals surface area contributed by atoms with E-state index in [1.165, 1.54) is 51.0 Å². The Balaban J connectivity index is 1.52. The third kappa shape index (κ3) is 4.76. The highest BCUT2D eigenvalue weighted by Gasteiger charge is 2.33. The molecule has 2 aliphatic carbocycles. The highest BCUT2D eigenvalue weighted by atomic mass is 19.2. The van der Waals surface area contributed by atoms with Crippen LogP contribution in [0.25, 0.3) is 0 Å². The number of hydrogen-bond acceptors (Lipinski definition) is 1. The highest BCUT2D eigenvalue weighted by Crippen LogP contribution is 2.45. The molecule has 1 aromatic carbocycles. The van der Waals surface area contributed by atoms with Crippen LogP contribution in [-0.4, -0.2) is 0 Å². The summed E-state index contributed by atoms with van der Waals surface area (Å²) in [6, 6.07) is 4.78. The minimum atomic E-state index is -0.977. The van der Waals surface area contributed by atoms with Gasteiger partial charge in [0.2, 0.25) is 0 Å². The number of halogens is 2. The van der Waals surface area contributed by atoms with Crippen molar-refractivity contribution in [2.75, 3.05) is 0 Å². The van der Waals surface area contributed by atoms with Crippen LogP contribution in [0.3, 0.4) is 0 Å². The minimum absolute atomic E-state index is 0.0930. The molecular formula is C25H35F2N. The van der Waals surface area contributed by atoms with E-state index < -0.39 is 11.6 Å². The van der Waals surface area contributed by atoms with Crippen molar-refractivity contribution in [3.8, 4) is 6.07 Å². The van der Waals surface area contributed by atoms with Crippen LogP contribution in [0.1, 0.15) is 102 Å². The van der Waals surface area contributed by atoms with Crippen LogP contribution >= 0.6 is 0 Å². The summed E-state index contributed by atoms with van der Waals surface area (Å²) < 4.78 is 28.4. The average Bonchev–Trinajstić information content (AvgIpc) is 2.74. The van der Waals surface area contributed by atoms with Crippen LogP contribution in [-0.2, 0) is 0 Å². The zero-order valence-corrected chi connectivity index (χ0v) is 17.5. The van der Waals surface area contributed by atoms with E-state index in [0.29, 0.717) is 5.56 Å². The van der Waals surface area contributed by atoms with Crippen molar-refractivity contribution in [1.82, 2.24) is 0 Å². The molecule has 1 aromatic rings. The Kier molecular flexibility index (Phi) is 7.49. The smallest absolute Gasteiger partial charge is 0.176 e. The molecule has 0 spiro atoms. The monoisotopic (exact) mass is 387 g/mol. The van der Waals surface area contributed by atoms with E-state index in [2.05, 4.69) is 13.8 Å². The van der Waals surface area contributed by atoms with Gasteiger partial charge in [-0.2, -0.15) is 5.26 Å². The van der Waals surface area contributed by atoms with Crippen molar-refractivity contribution in [2.24, 2.45) is 23.7 Å². The van der Waals surface area contributed by atoms with Crippen LogP contribution < -0.4 is 0 Å². The van der Waals surface area contributed by atoms with E-state index in [9.17, 15) is 8.78 Å². The van der Waals surface area contributed by atoms with Crippen molar-refractivity contribution in [2.45, 2.75) is 90.4 Å². The van der Waals surface area contributed by atoms with Gasteiger partial charge in [-0.05, 0) is 79.7 Å². The number of hydrogen-bond donors (Lipinski definition) is 0. The molecule has 1 atom stereocenters. The third-order valence-corrected chi connectivity index (χ3v) is 7.79. The number of benzene rings is 1. The predicted octanol–water partition coefficient (Wildman–Crippen LogP) is 7.74. The summed E-state index contributed by atoms with van der Waals surface area (Å²) in [5.74, 6) is 1.58. The summed E-state index contributed by atoms with van der Waals surface area (Å²) in [7, 11) is 0. The molecule has 0 aliphatic heterocycles. The van der Waals surface area contributed by atoms with Gasteiger partial charge in [-0.3, -0.25) is 0 Å². The van der Waals surface area contributed by atoms with Gasteiger partial charge in [0.1, 0.15) is 6.07 Å². The number of rotatable bonds is 6. The lowest BCUT2D eigenvalue weighted by Crippen LogP contribution is -2.28. The number of nitriles is 1. The van der Waals surface area contributed by atoms with Crippen molar-refractivity contribution in [1.29, 1.82) is 5.26 Å². The van der Waals surface area contributed by atoms with Crippen molar-refractivity contribution in [3.63, 3.8) is 0 Å². The standard InChI is InChI=1S/C25H35F2N/c1-3-4-5-18-6-8-19(9-7-18)17(2)20-10-12-21(13-11-20)23-15-14-22(16-28)24(26)25(23)27/h14-15,17-21H,3-13H2,1-2H3. The van der Waals surface area contributed by atoms with Gasteiger partial charge in [0.25, 0.3) is 0 Å². The summed E-state index contributed by atoms with van der Waals surface area (Å²) in [5.41, 5.74) is 0.275. The van der Waals surface area contributed by atoms with E-state index in [1.54, 1.807) is 12.1 Å². The summed E-state index contributed by atoms with van der Waals surface area (Å²) >= 11 is 0. The Bertz CT molecular complexity index is 677. The Labute approximate surface area is 169 Å². The molecule has 28 heavy (non-hydrogen) atoms. The molecule has 3 rings (SSSR count). The lowest BCUT2D eigenvalue weighted by atomic mass is 9.66. The molecule has 0 amide bonds. The Morgan fingerprint density at radius 2 is 1.57 bits per heavy atom. The summed E-state index contributed by atoms with van der Waals surface area (Å²) in [6.45, 7) is 4.71. The van der Waals surface area contributed by atoms with Gasteiger partial charge >= 0.3 is 0 Å². The molecule has 0 radical (unpaired) electrons. The van der Waals surface area contributed by atoms with Crippen LogP contribution in [0.15, 0.2) is 12.1 Å². The van der Waals surface area contributed by atoms with Gasteiger partial charge in [-0.25, -0.2) is 8.78 Å². The maximum Gasteiger partial charge on any atom is 0.176 e. The molecule has 2 aliphatic rings. The second-order valence-electron chi connectivity index (χ2n) is 9.34. The first kappa shape index (κ1) is 21.3. The Morgan fingerprint density at radius 1 is 0.964 bits per heavy atom. The number of unbranched alkanes of at least 4 members (excludes halogenated alkanes) is 1. The minimum Gasteiger partial charge on any atom is -0.203 e. The van der Waals surface area contributed by atoms with Gasteiger partial charge in [-0.15, -0.1) is 0 Å². The number of nitrogens with zero attached hydrogens (tertiary/aromatic N) is 1. The Morgan fingerprint density at radius 3 is 2.14 bits per heavy atom. The van der Waals surface area contributed by atoms with E-state index in [0.717, 1.165) is 49.4 Å². The molecule has 2 saturated carbocycles. The quantitative estimate of drug-likeness (QED) is 0.489. The van der Waals surface area contributed by atoms with Crippen molar-refractivity contribution in [3.05, 3.63) is 34.9 Å².